The molecule has 0 aliphatic heterocycles. The lowest BCUT2D eigenvalue weighted by molar-refractivity contribution is 0.0976. The predicted octanol–water partition coefficient (Wildman–Crippen LogP) is 6.15. The first kappa shape index (κ1) is 30.6. The van der Waals surface area contributed by atoms with Crippen molar-refractivity contribution in [3.8, 4) is 22.9 Å². The monoisotopic (exact) mass is 591 g/mol. The molecule has 0 radical (unpaired) electrons. The van der Waals surface area contributed by atoms with Crippen molar-refractivity contribution in [2.45, 2.75) is 45.1 Å². The number of nitrogens with one attached hydrogen (secondary N) is 1. The van der Waals surface area contributed by atoms with Gasteiger partial charge in [-0.15, -0.1) is 0 Å². The summed E-state index contributed by atoms with van der Waals surface area (Å²) >= 11 is 0. The predicted molar refractivity (Wildman–Crippen MR) is 158 cm³/mol. The van der Waals surface area contributed by atoms with Crippen molar-refractivity contribution in [2.24, 2.45) is 5.92 Å². The molecule has 4 rings (SSSR count). The van der Waals surface area contributed by atoms with Crippen molar-refractivity contribution in [1.29, 1.82) is 0 Å². The molecule has 0 fully saturated rings. The second-order valence-corrected chi connectivity index (χ2v) is 11.9. The molecule has 0 aliphatic carbocycles. The van der Waals surface area contributed by atoms with Crippen LogP contribution in [0.25, 0.3) is 11.3 Å². The number of benzene rings is 2. The molecule has 4 aromatic rings. The van der Waals surface area contributed by atoms with Crippen molar-refractivity contribution >= 4 is 15.9 Å². The van der Waals surface area contributed by atoms with E-state index in [1.165, 1.54) is 35.9 Å². The van der Waals surface area contributed by atoms with E-state index in [1.807, 2.05) is 32.0 Å². The summed E-state index contributed by atoms with van der Waals surface area (Å²) in [7, 11) is -4.25. The number of halogens is 1. The van der Waals surface area contributed by atoms with Gasteiger partial charge in [0.15, 0.2) is 5.03 Å². The van der Waals surface area contributed by atoms with Gasteiger partial charge in [0, 0.05) is 17.3 Å². The van der Waals surface area contributed by atoms with Crippen LogP contribution in [-0.4, -0.2) is 37.5 Å². The van der Waals surface area contributed by atoms with Crippen molar-refractivity contribution in [2.75, 3.05) is 13.2 Å². The van der Waals surface area contributed by atoms with Gasteiger partial charge in [-0.05, 0) is 74.1 Å². The molecule has 1 N–H and O–H groups in total. The van der Waals surface area contributed by atoms with Gasteiger partial charge < -0.3 is 9.47 Å². The van der Waals surface area contributed by atoms with Gasteiger partial charge in [0.1, 0.15) is 17.1 Å². The quantitative estimate of drug-likeness (QED) is 0.186. The van der Waals surface area contributed by atoms with Crippen LogP contribution in [0.3, 0.4) is 0 Å². The molecular formula is C32H34FN3O5S. The van der Waals surface area contributed by atoms with Gasteiger partial charge >= 0.3 is 0 Å². The standard InChI is InChI=1S/C32H34FN3O5S/c1-22(2)21-41-27-19-25(18-26(33)20-27)29-16-15-28(31(37)36-42(38,39)30-14-9-10-23(3)34-30)32(35-29)40-17-8-7-13-24-11-5-4-6-12-24/h4-6,9-12,14-16,18-20,22H,7-8,13,17,21H2,1-3H3,(H,36,37). The summed E-state index contributed by atoms with van der Waals surface area (Å²) in [5, 5.41) is -0.280. The van der Waals surface area contributed by atoms with Crippen molar-refractivity contribution in [1.82, 2.24) is 14.7 Å². The van der Waals surface area contributed by atoms with Gasteiger partial charge in [-0.2, -0.15) is 8.42 Å². The van der Waals surface area contributed by atoms with Crippen LogP contribution >= 0.6 is 0 Å². The lowest BCUT2D eigenvalue weighted by Crippen LogP contribution is -2.31. The fourth-order valence-electron chi connectivity index (χ4n) is 4.08. The van der Waals surface area contributed by atoms with Crippen LogP contribution < -0.4 is 14.2 Å². The first-order valence-electron chi connectivity index (χ1n) is 13.7. The summed E-state index contributed by atoms with van der Waals surface area (Å²) in [5.74, 6) is -0.888. The molecule has 0 aliphatic rings. The van der Waals surface area contributed by atoms with Gasteiger partial charge in [0.2, 0.25) is 5.88 Å². The smallest absolute Gasteiger partial charge is 0.281 e. The number of carbonyl (C=O) groups is 1. The van der Waals surface area contributed by atoms with E-state index in [1.54, 1.807) is 25.1 Å². The molecule has 0 spiro atoms. The fraction of sp³-hybridized carbons (Fsp3) is 0.281. The highest BCUT2D eigenvalue weighted by atomic mass is 32.2. The highest BCUT2D eigenvalue weighted by Crippen LogP contribution is 2.28. The zero-order valence-corrected chi connectivity index (χ0v) is 24.7. The number of rotatable bonds is 13. The SMILES string of the molecule is Cc1cccc(S(=O)(=O)NC(=O)c2ccc(-c3cc(F)cc(OCC(C)C)c3)nc2OCCCCc2ccccc2)n1. The van der Waals surface area contributed by atoms with Crippen molar-refractivity contribution in [3.63, 3.8) is 0 Å². The van der Waals surface area contributed by atoms with E-state index in [-0.39, 0.29) is 29.0 Å². The molecule has 0 bridgehead atoms. The maximum Gasteiger partial charge on any atom is 0.281 e. The lowest BCUT2D eigenvalue weighted by atomic mass is 10.1. The molecule has 0 saturated heterocycles. The molecular weight excluding hydrogens is 557 g/mol. The van der Waals surface area contributed by atoms with Crippen LogP contribution in [0.2, 0.25) is 0 Å². The Kier molecular flexibility index (Phi) is 10.2. The number of carbonyl (C=O) groups excluding carboxylic acids is 1. The van der Waals surface area contributed by atoms with E-state index in [2.05, 4.69) is 26.8 Å². The summed E-state index contributed by atoms with van der Waals surface area (Å²) in [6, 6.07) is 21.7. The number of aryl methyl sites for hydroxylation is 2. The third-order valence-electron chi connectivity index (χ3n) is 6.16. The van der Waals surface area contributed by atoms with Gasteiger partial charge in [0.05, 0.1) is 18.9 Å². The number of unbranched alkanes of at least 4 members (excludes halogenated alkanes) is 1. The minimum atomic E-state index is -4.25. The number of amides is 1. The van der Waals surface area contributed by atoms with E-state index in [9.17, 15) is 17.6 Å². The maximum atomic E-state index is 14.5. The number of sulfonamides is 1. The molecule has 42 heavy (non-hydrogen) atoms. The normalized spacial score (nSPS) is 11.4. The third kappa shape index (κ3) is 8.59. The molecule has 0 saturated carbocycles. The second-order valence-electron chi connectivity index (χ2n) is 10.3. The Morgan fingerprint density at radius 2 is 1.71 bits per heavy atom. The molecule has 220 valence electrons. The van der Waals surface area contributed by atoms with Crippen LogP contribution in [0.5, 0.6) is 11.6 Å². The fourth-order valence-corrected chi connectivity index (χ4v) is 5.06. The van der Waals surface area contributed by atoms with E-state index in [4.69, 9.17) is 9.47 Å². The van der Waals surface area contributed by atoms with E-state index >= 15 is 0 Å². The number of hydrogen-bond acceptors (Lipinski definition) is 7. The number of nitrogens with zero attached hydrogens (tertiary/aromatic N) is 2. The highest BCUT2D eigenvalue weighted by molar-refractivity contribution is 7.90. The Labute approximate surface area is 246 Å². The summed E-state index contributed by atoms with van der Waals surface area (Å²) in [6.45, 7) is 6.28. The van der Waals surface area contributed by atoms with Crippen molar-refractivity contribution < 1.29 is 27.1 Å². The molecule has 2 aromatic heterocycles. The molecule has 10 heteroatoms. The molecule has 8 nitrogen and oxygen atoms in total. The molecule has 0 unspecified atom stereocenters. The Morgan fingerprint density at radius 1 is 0.929 bits per heavy atom. The largest absolute Gasteiger partial charge is 0.493 e. The Bertz CT molecular complexity index is 1630. The zero-order chi connectivity index (χ0) is 30.1. The van der Waals surface area contributed by atoms with Crippen LogP contribution in [0.1, 0.15) is 48.3 Å². The first-order chi connectivity index (χ1) is 20.1. The van der Waals surface area contributed by atoms with Crippen LogP contribution in [0.15, 0.2) is 83.9 Å². The number of pyridine rings is 2. The summed E-state index contributed by atoms with van der Waals surface area (Å²) in [4.78, 5) is 21.7. The summed E-state index contributed by atoms with van der Waals surface area (Å²) in [5.41, 5.74) is 2.37. The molecule has 2 aromatic carbocycles. The lowest BCUT2D eigenvalue weighted by Gasteiger charge is -2.14. The van der Waals surface area contributed by atoms with Gasteiger partial charge in [-0.1, -0.05) is 50.2 Å². The Morgan fingerprint density at radius 3 is 2.45 bits per heavy atom. The van der Waals surface area contributed by atoms with Gasteiger partial charge in [-0.3, -0.25) is 4.79 Å². The zero-order valence-electron chi connectivity index (χ0n) is 23.8. The Hall–Kier alpha value is -4.31. The number of ether oxygens (including phenoxy) is 2. The van der Waals surface area contributed by atoms with Crippen molar-refractivity contribution in [3.05, 3.63) is 102 Å². The first-order valence-corrected chi connectivity index (χ1v) is 15.2. The molecule has 2 heterocycles. The average Bonchev–Trinajstić information content (AvgIpc) is 2.96. The minimum absolute atomic E-state index is 0.0639. The molecule has 1 amide bonds. The van der Waals surface area contributed by atoms with Gasteiger partial charge in [0.25, 0.3) is 15.9 Å². The van der Waals surface area contributed by atoms with E-state index in [0.29, 0.717) is 35.7 Å². The van der Waals surface area contributed by atoms with Crippen LogP contribution in [0, 0.1) is 18.7 Å². The average molecular weight is 592 g/mol. The Balaban J connectivity index is 1.58. The van der Waals surface area contributed by atoms with Crippen LogP contribution in [-0.2, 0) is 16.4 Å². The summed E-state index contributed by atoms with van der Waals surface area (Å²) < 4.78 is 53.9. The third-order valence-corrected chi connectivity index (χ3v) is 7.39. The molecule has 0 atom stereocenters. The number of aromatic nitrogens is 2. The topological polar surface area (TPSA) is 107 Å². The maximum absolute atomic E-state index is 14.5. The van der Waals surface area contributed by atoms with Gasteiger partial charge in [-0.25, -0.2) is 19.1 Å². The second kappa shape index (κ2) is 14.0. The van der Waals surface area contributed by atoms with E-state index in [0.717, 1.165) is 12.8 Å². The minimum Gasteiger partial charge on any atom is -0.493 e. The number of hydrogen-bond donors (Lipinski definition) is 1. The van der Waals surface area contributed by atoms with E-state index < -0.39 is 21.7 Å². The highest BCUT2D eigenvalue weighted by Gasteiger charge is 2.24. The summed E-state index contributed by atoms with van der Waals surface area (Å²) in [6.07, 6.45) is 2.36. The van der Waals surface area contributed by atoms with Crippen LogP contribution in [0.4, 0.5) is 4.39 Å².